The number of nitrogens with one attached hydrogen (secondary N) is 1. The zero-order valence-corrected chi connectivity index (χ0v) is 10.4. The second-order valence-electron chi connectivity index (χ2n) is 4.18. The number of rotatable bonds is 11. The first-order chi connectivity index (χ1) is 7.41. The lowest BCUT2D eigenvalue weighted by molar-refractivity contribution is 0.560. The van der Waals surface area contributed by atoms with Crippen LogP contribution in [0.1, 0.15) is 64.7 Å². The molecule has 0 saturated heterocycles. The Bertz CT molecular complexity index is 146. The molecule has 0 saturated carbocycles. The fraction of sp³-hybridized carbons (Fsp3) is 0.857. The molecule has 0 aromatic carbocycles. The first kappa shape index (κ1) is 14.5. The van der Waals surface area contributed by atoms with Crippen LogP contribution in [0.25, 0.3) is 0 Å². The molecule has 0 spiro atoms. The highest BCUT2D eigenvalue weighted by Crippen LogP contribution is 2.04. The van der Waals surface area contributed by atoms with Gasteiger partial charge in [0, 0.05) is 6.42 Å². The first-order valence-corrected chi connectivity index (χ1v) is 6.56. The number of terminal acetylenes is 1. The Hall–Kier alpha value is -0.480. The molecule has 0 aromatic heterocycles. The van der Waals surface area contributed by atoms with Crippen LogP contribution in [0.15, 0.2) is 0 Å². The number of unbranched alkanes of at least 4 members (excludes halogenated alkanes) is 7. The molecule has 0 aliphatic rings. The van der Waals surface area contributed by atoms with E-state index in [1.807, 2.05) is 0 Å². The quantitative estimate of drug-likeness (QED) is 0.404. The molecule has 0 radical (unpaired) electrons. The third kappa shape index (κ3) is 13.5. The van der Waals surface area contributed by atoms with Gasteiger partial charge in [0.15, 0.2) is 0 Å². The largest absolute Gasteiger partial charge is 0.317 e. The molecule has 1 N–H and O–H groups in total. The average Bonchev–Trinajstić information content (AvgIpc) is 2.26. The van der Waals surface area contributed by atoms with Gasteiger partial charge in [0.1, 0.15) is 0 Å². The summed E-state index contributed by atoms with van der Waals surface area (Å²) in [6.07, 6.45) is 16.8. The summed E-state index contributed by atoms with van der Waals surface area (Å²) in [5.41, 5.74) is 0. The van der Waals surface area contributed by atoms with E-state index in [2.05, 4.69) is 18.2 Å². The summed E-state index contributed by atoms with van der Waals surface area (Å²) in [4.78, 5) is 0. The third-order valence-electron chi connectivity index (χ3n) is 2.63. The van der Waals surface area contributed by atoms with E-state index in [1.165, 1.54) is 57.9 Å². The Labute approximate surface area is 96.0 Å². The summed E-state index contributed by atoms with van der Waals surface area (Å²) < 4.78 is 0. The second-order valence-corrected chi connectivity index (χ2v) is 4.18. The van der Waals surface area contributed by atoms with E-state index in [0.717, 1.165) is 13.0 Å². The molecule has 1 nitrogen and oxygen atoms in total. The zero-order valence-electron chi connectivity index (χ0n) is 10.4. The maximum Gasteiger partial charge on any atom is 0.00865 e. The third-order valence-corrected chi connectivity index (χ3v) is 2.63. The lowest BCUT2D eigenvalue weighted by Gasteiger charge is -2.03. The highest BCUT2D eigenvalue weighted by molar-refractivity contribution is 4.82. The van der Waals surface area contributed by atoms with Gasteiger partial charge in [-0.05, 0) is 32.4 Å². The molecule has 0 heterocycles. The van der Waals surface area contributed by atoms with Crippen molar-refractivity contribution in [1.82, 2.24) is 5.32 Å². The predicted molar refractivity (Wildman–Crippen MR) is 68.9 cm³/mol. The molecule has 0 aliphatic heterocycles. The minimum Gasteiger partial charge on any atom is -0.317 e. The van der Waals surface area contributed by atoms with Gasteiger partial charge in [-0.1, -0.05) is 39.0 Å². The molecular weight excluding hydrogens is 182 g/mol. The van der Waals surface area contributed by atoms with Crippen LogP contribution < -0.4 is 5.32 Å². The van der Waals surface area contributed by atoms with E-state index in [-0.39, 0.29) is 0 Å². The molecule has 0 amide bonds. The Kier molecular flexibility index (Phi) is 13.1. The fourth-order valence-electron chi connectivity index (χ4n) is 1.63. The van der Waals surface area contributed by atoms with E-state index in [9.17, 15) is 0 Å². The average molecular weight is 209 g/mol. The highest BCUT2D eigenvalue weighted by atomic mass is 14.8. The maximum absolute atomic E-state index is 5.18. The van der Waals surface area contributed by atoms with Crippen LogP contribution >= 0.6 is 0 Å². The molecule has 0 aromatic rings. The van der Waals surface area contributed by atoms with Gasteiger partial charge in [-0.2, -0.15) is 0 Å². The Balaban J connectivity index is 2.84. The van der Waals surface area contributed by atoms with Gasteiger partial charge < -0.3 is 5.32 Å². The van der Waals surface area contributed by atoms with Crippen molar-refractivity contribution in [2.75, 3.05) is 13.1 Å². The van der Waals surface area contributed by atoms with Crippen LogP contribution in [0.2, 0.25) is 0 Å². The summed E-state index contributed by atoms with van der Waals surface area (Å²) in [6, 6.07) is 0. The van der Waals surface area contributed by atoms with Crippen LogP contribution in [0.5, 0.6) is 0 Å². The smallest absolute Gasteiger partial charge is 0.00865 e. The normalized spacial score (nSPS) is 10.1. The minimum atomic E-state index is 0.929. The fourth-order valence-corrected chi connectivity index (χ4v) is 1.63. The van der Waals surface area contributed by atoms with E-state index < -0.39 is 0 Å². The van der Waals surface area contributed by atoms with Gasteiger partial charge in [-0.15, -0.1) is 12.3 Å². The van der Waals surface area contributed by atoms with Crippen molar-refractivity contribution in [3.63, 3.8) is 0 Å². The van der Waals surface area contributed by atoms with Gasteiger partial charge in [0.2, 0.25) is 0 Å². The predicted octanol–water partition coefficient (Wildman–Crippen LogP) is 3.74. The number of hydrogen-bond acceptors (Lipinski definition) is 1. The van der Waals surface area contributed by atoms with E-state index >= 15 is 0 Å². The van der Waals surface area contributed by atoms with Gasteiger partial charge in [-0.25, -0.2) is 0 Å². The molecule has 0 bridgehead atoms. The summed E-state index contributed by atoms with van der Waals surface area (Å²) >= 11 is 0. The molecule has 0 aliphatic carbocycles. The van der Waals surface area contributed by atoms with Crippen molar-refractivity contribution in [2.24, 2.45) is 0 Å². The van der Waals surface area contributed by atoms with Crippen LogP contribution in [-0.2, 0) is 0 Å². The van der Waals surface area contributed by atoms with Crippen molar-refractivity contribution < 1.29 is 0 Å². The molecule has 1 heteroatoms. The second kappa shape index (κ2) is 13.5. The maximum atomic E-state index is 5.18. The molecule has 0 atom stereocenters. The zero-order chi connectivity index (χ0) is 11.2. The lowest BCUT2D eigenvalue weighted by Crippen LogP contribution is -2.16. The van der Waals surface area contributed by atoms with Gasteiger partial charge in [-0.3, -0.25) is 0 Å². The van der Waals surface area contributed by atoms with Crippen LogP contribution in [0.4, 0.5) is 0 Å². The van der Waals surface area contributed by atoms with E-state index in [4.69, 9.17) is 6.42 Å². The lowest BCUT2D eigenvalue weighted by atomic mass is 10.1. The van der Waals surface area contributed by atoms with Crippen molar-refractivity contribution >= 4 is 0 Å². The summed E-state index contributed by atoms with van der Waals surface area (Å²) in [6.45, 7) is 4.58. The van der Waals surface area contributed by atoms with Crippen LogP contribution in [-0.4, -0.2) is 13.1 Å². The molecule has 0 rings (SSSR count). The molecule has 0 fully saturated rings. The van der Waals surface area contributed by atoms with Gasteiger partial charge >= 0.3 is 0 Å². The number of hydrogen-bond donors (Lipinski definition) is 1. The van der Waals surface area contributed by atoms with Crippen molar-refractivity contribution in [2.45, 2.75) is 64.7 Å². The van der Waals surface area contributed by atoms with E-state index in [1.54, 1.807) is 0 Å². The minimum absolute atomic E-state index is 0.929. The monoisotopic (exact) mass is 209 g/mol. The standard InChI is InChI=1S/C14H27N/c1-3-5-7-9-10-12-14-15-13-11-8-6-4-2/h2,15H,3,5-14H2,1H3. The SMILES string of the molecule is C#CCCCCNCCCCCCCC. The van der Waals surface area contributed by atoms with Crippen molar-refractivity contribution in [1.29, 1.82) is 0 Å². The van der Waals surface area contributed by atoms with Gasteiger partial charge in [0.05, 0.1) is 0 Å². The highest BCUT2D eigenvalue weighted by Gasteiger charge is 1.90. The topological polar surface area (TPSA) is 12.0 Å². The van der Waals surface area contributed by atoms with Crippen molar-refractivity contribution in [3.8, 4) is 12.3 Å². The Morgan fingerprint density at radius 3 is 2.13 bits per heavy atom. The summed E-state index contributed by atoms with van der Waals surface area (Å²) in [7, 11) is 0. The molecule has 15 heavy (non-hydrogen) atoms. The van der Waals surface area contributed by atoms with E-state index in [0.29, 0.717) is 0 Å². The van der Waals surface area contributed by atoms with Crippen molar-refractivity contribution in [3.05, 3.63) is 0 Å². The molecular formula is C14H27N. The molecule has 0 unspecified atom stereocenters. The van der Waals surface area contributed by atoms with Crippen LogP contribution in [0.3, 0.4) is 0 Å². The Morgan fingerprint density at radius 2 is 1.47 bits per heavy atom. The Morgan fingerprint density at radius 1 is 0.867 bits per heavy atom. The van der Waals surface area contributed by atoms with Gasteiger partial charge in [0.25, 0.3) is 0 Å². The molecule has 88 valence electrons. The first-order valence-electron chi connectivity index (χ1n) is 6.56. The summed E-state index contributed by atoms with van der Waals surface area (Å²) in [5.74, 6) is 2.67. The van der Waals surface area contributed by atoms with Crippen LogP contribution in [0, 0.1) is 12.3 Å². The summed E-state index contributed by atoms with van der Waals surface area (Å²) in [5, 5.41) is 3.47.